The monoisotopic (exact) mass is 217 g/mol. The van der Waals surface area contributed by atoms with E-state index in [-0.39, 0.29) is 12.6 Å². The summed E-state index contributed by atoms with van der Waals surface area (Å²) in [4.78, 5) is 13.1. The molecule has 0 N–H and O–H groups in total. The van der Waals surface area contributed by atoms with E-state index in [0.29, 0.717) is 19.1 Å². The Morgan fingerprint density at radius 1 is 1.40 bits per heavy atom. The van der Waals surface area contributed by atoms with Crippen LogP contribution in [0, 0.1) is 5.92 Å². The highest BCUT2D eigenvalue weighted by molar-refractivity contribution is 5.70. The molecule has 0 bridgehead atoms. The predicted molar refractivity (Wildman–Crippen MR) is 59.8 cm³/mol. The normalized spacial score (nSPS) is 11.1. The predicted octanol–water partition coefficient (Wildman–Crippen LogP) is 1.15. The molecular weight excluding hydrogens is 194 g/mol. The summed E-state index contributed by atoms with van der Waals surface area (Å²) >= 11 is 0. The third-order valence-electron chi connectivity index (χ3n) is 1.82. The van der Waals surface area contributed by atoms with Crippen molar-refractivity contribution in [2.45, 2.75) is 20.8 Å². The van der Waals surface area contributed by atoms with Gasteiger partial charge in [0.15, 0.2) is 0 Å². The number of carbonyl (C=O) groups is 1. The quantitative estimate of drug-likeness (QED) is 0.451. The van der Waals surface area contributed by atoms with Crippen LogP contribution in [-0.2, 0) is 14.3 Å². The Morgan fingerprint density at radius 3 is 2.60 bits per heavy atom. The fourth-order valence-corrected chi connectivity index (χ4v) is 1.29. The number of hydrogen-bond donors (Lipinski definition) is 0. The summed E-state index contributed by atoms with van der Waals surface area (Å²) in [6.45, 7) is 9.07. The van der Waals surface area contributed by atoms with E-state index in [1.165, 1.54) is 0 Å². The van der Waals surface area contributed by atoms with Gasteiger partial charge in [-0.1, -0.05) is 13.8 Å². The third kappa shape index (κ3) is 9.69. The molecule has 0 heterocycles. The van der Waals surface area contributed by atoms with Gasteiger partial charge >= 0.3 is 5.97 Å². The van der Waals surface area contributed by atoms with Crippen LogP contribution >= 0.6 is 0 Å². The molecule has 0 aromatic heterocycles. The first kappa shape index (κ1) is 14.4. The molecule has 0 aromatic carbocycles. The first-order valence-electron chi connectivity index (χ1n) is 5.48. The van der Waals surface area contributed by atoms with Crippen molar-refractivity contribution >= 4 is 5.97 Å². The summed E-state index contributed by atoms with van der Waals surface area (Å²) in [5, 5.41) is 0. The molecule has 0 spiro atoms. The molecule has 0 atom stereocenters. The van der Waals surface area contributed by atoms with Gasteiger partial charge in [0, 0.05) is 13.1 Å². The van der Waals surface area contributed by atoms with E-state index in [0.717, 1.165) is 13.1 Å². The highest BCUT2D eigenvalue weighted by Crippen LogP contribution is 1.95. The second kappa shape index (κ2) is 8.68. The standard InChI is InChI=1S/C11H23NO3/c1-5-15-11(13)9-14-7-6-12(4)8-10(2)3/h10H,5-9H2,1-4H3. The number of ether oxygens (including phenoxy) is 2. The number of hydrogen-bond acceptors (Lipinski definition) is 4. The first-order valence-corrected chi connectivity index (χ1v) is 5.48. The highest BCUT2D eigenvalue weighted by Gasteiger charge is 2.03. The topological polar surface area (TPSA) is 38.8 Å². The third-order valence-corrected chi connectivity index (χ3v) is 1.82. The largest absolute Gasteiger partial charge is 0.464 e. The molecule has 0 rings (SSSR count). The Hall–Kier alpha value is -0.610. The van der Waals surface area contributed by atoms with Crippen LogP contribution in [0.3, 0.4) is 0 Å². The summed E-state index contributed by atoms with van der Waals surface area (Å²) in [5.74, 6) is 0.365. The molecule has 0 unspecified atom stereocenters. The Bertz CT molecular complexity index is 171. The molecule has 0 amide bonds. The lowest BCUT2D eigenvalue weighted by molar-refractivity contribution is -0.148. The molecule has 0 radical (unpaired) electrons. The lowest BCUT2D eigenvalue weighted by Gasteiger charge is -2.18. The average Bonchev–Trinajstić information content (AvgIpc) is 2.12. The second-order valence-electron chi connectivity index (χ2n) is 4.01. The maximum Gasteiger partial charge on any atom is 0.332 e. The number of rotatable bonds is 8. The Morgan fingerprint density at radius 2 is 2.07 bits per heavy atom. The zero-order valence-electron chi connectivity index (χ0n) is 10.3. The number of nitrogens with zero attached hydrogens (tertiary/aromatic N) is 1. The van der Waals surface area contributed by atoms with Gasteiger partial charge in [0.2, 0.25) is 0 Å². The van der Waals surface area contributed by atoms with Crippen molar-refractivity contribution in [1.29, 1.82) is 0 Å². The molecule has 0 aliphatic carbocycles. The van der Waals surface area contributed by atoms with Gasteiger partial charge < -0.3 is 14.4 Å². The number of carbonyl (C=O) groups excluding carboxylic acids is 1. The van der Waals surface area contributed by atoms with Crippen LogP contribution in [-0.4, -0.2) is 50.8 Å². The van der Waals surface area contributed by atoms with E-state index in [2.05, 4.69) is 18.7 Å². The van der Waals surface area contributed by atoms with Crippen molar-refractivity contribution in [2.75, 3.05) is 40.0 Å². The fourth-order valence-electron chi connectivity index (χ4n) is 1.29. The summed E-state index contributed by atoms with van der Waals surface area (Å²) in [6, 6.07) is 0. The maximum absolute atomic E-state index is 10.9. The van der Waals surface area contributed by atoms with Gasteiger partial charge in [0.05, 0.1) is 13.2 Å². The van der Waals surface area contributed by atoms with Gasteiger partial charge in [-0.25, -0.2) is 4.79 Å². The molecule has 0 saturated carbocycles. The van der Waals surface area contributed by atoms with Crippen molar-refractivity contribution in [3.05, 3.63) is 0 Å². The second-order valence-corrected chi connectivity index (χ2v) is 4.01. The zero-order valence-corrected chi connectivity index (χ0v) is 10.3. The van der Waals surface area contributed by atoms with Crippen molar-refractivity contribution in [1.82, 2.24) is 4.90 Å². The van der Waals surface area contributed by atoms with E-state index >= 15 is 0 Å². The zero-order chi connectivity index (χ0) is 11.7. The molecular formula is C11H23NO3. The van der Waals surface area contributed by atoms with Gasteiger partial charge in [-0.15, -0.1) is 0 Å². The minimum atomic E-state index is -0.288. The number of esters is 1. The van der Waals surface area contributed by atoms with E-state index in [1.54, 1.807) is 6.92 Å². The van der Waals surface area contributed by atoms with Crippen LogP contribution in [0.5, 0.6) is 0 Å². The minimum absolute atomic E-state index is 0.0589. The SMILES string of the molecule is CCOC(=O)COCCN(C)CC(C)C. The molecule has 0 aromatic rings. The molecule has 4 nitrogen and oxygen atoms in total. The van der Waals surface area contributed by atoms with Gasteiger partial charge in [-0.3, -0.25) is 0 Å². The minimum Gasteiger partial charge on any atom is -0.464 e. The number of likely N-dealkylation sites (N-methyl/N-ethyl adjacent to an activating group) is 1. The van der Waals surface area contributed by atoms with Crippen LogP contribution < -0.4 is 0 Å². The molecule has 4 heteroatoms. The fraction of sp³-hybridized carbons (Fsp3) is 0.909. The van der Waals surface area contributed by atoms with E-state index in [1.807, 2.05) is 7.05 Å². The molecule has 90 valence electrons. The van der Waals surface area contributed by atoms with Gasteiger partial charge in [0.25, 0.3) is 0 Å². The molecule has 0 fully saturated rings. The van der Waals surface area contributed by atoms with Gasteiger partial charge in [0.1, 0.15) is 6.61 Å². The molecule has 0 saturated heterocycles. The molecule has 0 aliphatic rings. The van der Waals surface area contributed by atoms with E-state index < -0.39 is 0 Å². The van der Waals surface area contributed by atoms with Crippen LogP contribution in [0.25, 0.3) is 0 Å². The Kier molecular flexibility index (Phi) is 8.33. The first-order chi connectivity index (χ1) is 7.06. The van der Waals surface area contributed by atoms with E-state index in [9.17, 15) is 4.79 Å². The lowest BCUT2D eigenvalue weighted by atomic mass is 10.2. The van der Waals surface area contributed by atoms with Crippen molar-refractivity contribution in [3.63, 3.8) is 0 Å². The highest BCUT2D eigenvalue weighted by atomic mass is 16.6. The van der Waals surface area contributed by atoms with Crippen molar-refractivity contribution in [3.8, 4) is 0 Å². The van der Waals surface area contributed by atoms with E-state index in [4.69, 9.17) is 9.47 Å². The summed E-state index contributed by atoms with van der Waals surface area (Å²) in [5.41, 5.74) is 0. The summed E-state index contributed by atoms with van der Waals surface area (Å²) < 4.78 is 9.92. The van der Waals surface area contributed by atoms with Crippen molar-refractivity contribution in [2.24, 2.45) is 5.92 Å². The van der Waals surface area contributed by atoms with Crippen molar-refractivity contribution < 1.29 is 14.3 Å². The van der Waals surface area contributed by atoms with Crippen LogP contribution in [0.4, 0.5) is 0 Å². The van der Waals surface area contributed by atoms with Gasteiger partial charge in [-0.05, 0) is 19.9 Å². The summed E-state index contributed by atoms with van der Waals surface area (Å²) in [6.07, 6.45) is 0. The van der Waals surface area contributed by atoms with Crippen LogP contribution in [0.2, 0.25) is 0 Å². The van der Waals surface area contributed by atoms with Gasteiger partial charge in [-0.2, -0.15) is 0 Å². The smallest absolute Gasteiger partial charge is 0.332 e. The summed E-state index contributed by atoms with van der Waals surface area (Å²) in [7, 11) is 2.05. The lowest BCUT2D eigenvalue weighted by Crippen LogP contribution is -2.28. The Labute approximate surface area is 92.5 Å². The van der Waals surface area contributed by atoms with Crippen LogP contribution in [0.15, 0.2) is 0 Å². The van der Waals surface area contributed by atoms with Crippen LogP contribution in [0.1, 0.15) is 20.8 Å². The Balaban J connectivity index is 3.34. The molecule has 0 aliphatic heterocycles. The molecule has 15 heavy (non-hydrogen) atoms. The average molecular weight is 217 g/mol. The maximum atomic E-state index is 10.9.